The Balaban J connectivity index is 2.36. The van der Waals surface area contributed by atoms with Crippen LogP contribution in [-0.2, 0) is 12.8 Å². The quantitative estimate of drug-likeness (QED) is 0.782. The Bertz CT molecular complexity index is 634. The molecule has 1 heterocycles. The number of pyridine rings is 1. The Hall–Kier alpha value is -1.64. The van der Waals surface area contributed by atoms with Crippen LogP contribution in [0.4, 0.5) is 10.1 Å². The first-order chi connectivity index (χ1) is 9.22. The van der Waals surface area contributed by atoms with Crippen molar-refractivity contribution >= 4 is 16.6 Å². The van der Waals surface area contributed by atoms with Gasteiger partial charge in [0, 0.05) is 29.4 Å². The standard InChI is InChI=1S/C16H19FN2/c1-10-13(17)9-8-12-15(10)19-14-7-5-3-4-6-11(14)16(12)18-2/h8-9H,3-7H2,1-2H3,(H,18,19). The van der Waals surface area contributed by atoms with E-state index in [1.807, 2.05) is 20.0 Å². The van der Waals surface area contributed by atoms with Gasteiger partial charge in [-0.3, -0.25) is 4.98 Å². The van der Waals surface area contributed by atoms with Crippen molar-refractivity contribution in [2.75, 3.05) is 12.4 Å². The number of aromatic nitrogens is 1. The van der Waals surface area contributed by atoms with Crippen molar-refractivity contribution < 1.29 is 4.39 Å². The van der Waals surface area contributed by atoms with Crippen molar-refractivity contribution in [3.05, 3.63) is 34.8 Å². The predicted molar refractivity (Wildman–Crippen MR) is 77.2 cm³/mol. The van der Waals surface area contributed by atoms with E-state index in [9.17, 15) is 4.39 Å². The van der Waals surface area contributed by atoms with Gasteiger partial charge in [-0.2, -0.15) is 0 Å². The summed E-state index contributed by atoms with van der Waals surface area (Å²) in [6, 6.07) is 3.39. The zero-order valence-electron chi connectivity index (χ0n) is 11.5. The summed E-state index contributed by atoms with van der Waals surface area (Å²) in [6.45, 7) is 1.81. The van der Waals surface area contributed by atoms with Crippen LogP contribution in [0.25, 0.3) is 10.9 Å². The third-order valence-corrected chi connectivity index (χ3v) is 4.12. The van der Waals surface area contributed by atoms with E-state index in [1.54, 1.807) is 6.07 Å². The maximum atomic E-state index is 13.7. The van der Waals surface area contributed by atoms with E-state index in [1.165, 1.54) is 24.8 Å². The number of hydrogen-bond donors (Lipinski definition) is 1. The highest BCUT2D eigenvalue weighted by Gasteiger charge is 2.18. The monoisotopic (exact) mass is 258 g/mol. The highest BCUT2D eigenvalue weighted by molar-refractivity contribution is 5.95. The minimum atomic E-state index is -0.171. The molecule has 0 spiro atoms. The van der Waals surface area contributed by atoms with Crippen LogP contribution in [0, 0.1) is 12.7 Å². The lowest BCUT2D eigenvalue weighted by Crippen LogP contribution is -2.04. The lowest BCUT2D eigenvalue weighted by Gasteiger charge is -2.16. The Morgan fingerprint density at radius 3 is 2.74 bits per heavy atom. The van der Waals surface area contributed by atoms with E-state index >= 15 is 0 Å². The molecule has 0 radical (unpaired) electrons. The highest BCUT2D eigenvalue weighted by Crippen LogP contribution is 2.34. The molecule has 1 aliphatic carbocycles. The van der Waals surface area contributed by atoms with E-state index in [0.717, 1.165) is 35.1 Å². The van der Waals surface area contributed by atoms with Crippen LogP contribution in [0.5, 0.6) is 0 Å². The SMILES string of the molecule is CNc1c2c(nc3c(C)c(F)ccc13)CCCCC2. The number of benzene rings is 1. The molecule has 2 aromatic rings. The average molecular weight is 258 g/mol. The number of rotatable bonds is 1. The average Bonchev–Trinajstić information content (AvgIpc) is 2.66. The number of fused-ring (bicyclic) bond motifs is 2. The minimum Gasteiger partial charge on any atom is -0.387 e. The normalized spacial score (nSPS) is 15.1. The van der Waals surface area contributed by atoms with Crippen molar-refractivity contribution in [3.63, 3.8) is 0 Å². The second-order valence-corrected chi connectivity index (χ2v) is 5.29. The number of aryl methyl sites for hydroxylation is 2. The molecule has 1 aliphatic rings. The van der Waals surface area contributed by atoms with Crippen LogP contribution in [-0.4, -0.2) is 12.0 Å². The summed E-state index contributed by atoms with van der Waals surface area (Å²) in [4.78, 5) is 4.76. The second-order valence-electron chi connectivity index (χ2n) is 5.29. The van der Waals surface area contributed by atoms with Crippen LogP contribution in [0.1, 0.15) is 36.1 Å². The molecule has 100 valence electrons. The van der Waals surface area contributed by atoms with Crippen molar-refractivity contribution in [1.82, 2.24) is 4.98 Å². The molecule has 0 saturated heterocycles. The Morgan fingerprint density at radius 2 is 1.95 bits per heavy atom. The van der Waals surface area contributed by atoms with Crippen molar-refractivity contribution in [2.45, 2.75) is 39.0 Å². The first-order valence-electron chi connectivity index (χ1n) is 7.00. The fraction of sp³-hybridized carbons (Fsp3) is 0.438. The van der Waals surface area contributed by atoms with E-state index < -0.39 is 0 Å². The minimum absolute atomic E-state index is 0.171. The van der Waals surface area contributed by atoms with Gasteiger partial charge in [0.2, 0.25) is 0 Å². The van der Waals surface area contributed by atoms with Gasteiger partial charge >= 0.3 is 0 Å². The zero-order chi connectivity index (χ0) is 13.4. The largest absolute Gasteiger partial charge is 0.387 e. The number of halogens is 1. The number of hydrogen-bond acceptors (Lipinski definition) is 2. The molecule has 2 nitrogen and oxygen atoms in total. The molecule has 3 rings (SSSR count). The number of anilines is 1. The van der Waals surface area contributed by atoms with Gasteiger partial charge in [-0.25, -0.2) is 4.39 Å². The summed E-state index contributed by atoms with van der Waals surface area (Å²) >= 11 is 0. The Kier molecular flexibility index (Phi) is 3.13. The first-order valence-corrected chi connectivity index (χ1v) is 7.00. The maximum Gasteiger partial charge on any atom is 0.128 e. The molecule has 1 aromatic heterocycles. The fourth-order valence-corrected chi connectivity index (χ4v) is 3.06. The molecule has 0 aliphatic heterocycles. The van der Waals surface area contributed by atoms with Crippen molar-refractivity contribution in [2.24, 2.45) is 0 Å². The van der Waals surface area contributed by atoms with Crippen LogP contribution in [0.3, 0.4) is 0 Å². The molecule has 19 heavy (non-hydrogen) atoms. The molecule has 0 saturated carbocycles. The summed E-state index contributed by atoms with van der Waals surface area (Å²) < 4.78 is 13.7. The lowest BCUT2D eigenvalue weighted by atomic mass is 10.00. The smallest absolute Gasteiger partial charge is 0.128 e. The van der Waals surface area contributed by atoms with Gasteiger partial charge < -0.3 is 5.32 Å². The molecule has 0 unspecified atom stereocenters. The van der Waals surface area contributed by atoms with Gasteiger partial charge in [-0.1, -0.05) is 6.42 Å². The van der Waals surface area contributed by atoms with Gasteiger partial charge in [0.1, 0.15) is 5.82 Å². The van der Waals surface area contributed by atoms with E-state index in [0.29, 0.717) is 5.56 Å². The summed E-state index contributed by atoms with van der Waals surface area (Å²) in [7, 11) is 1.94. The highest BCUT2D eigenvalue weighted by atomic mass is 19.1. The summed E-state index contributed by atoms with van der Waals surface area (Å²) in [5.74, 6) is -0.171. The van der Waals surface area contributed by atoms with Gasteiger partial charge in [-0.15, -0.1) is 0 Å². The third kappa shape index (κ3) is 1.97. The van der Waals surface area contributed by atoms with Crippen LogP contribution in [0.15, 0.2) is 12.1 Å². The molecule has 0 atom stereocenters. The van der Waals surface area contributed by atoms with Gasteiger partial charge in [-0.05, 0) is 50.3 Å². The molecule has 1 N–H and O–H groups in total. The third-order valence-electron chi connectivity index (χ3n) is 4.12. The Morgan fingerprint density at radius 1 is 1.16 bits per heavy atom. The summed E-state index contributed by atoms with van der Waals surface area (Å²) in [5, 5.41) is 4.35. The molecular formula is C16H19FN2. The molecule has 3 heteroatoms. The van der Waals surface area contributed by atoms with Crippen molar-refractivity contribution in [1.29, 1.82) is 0 Å². The molecular weight excluding hydrogens is 239 g/mol. The lowest BCUT2D eigenvalue weighted by molar-refractivity contribution is 0.620. The number of nitrogens with one attached hydrogen (secondary N) is 1. The van der Waals surface area contributed by atoms with Gasteiger partial charge in [0.15, 0.2) is 0 Å². The maximum absolute atomic E-state index is 13.7. The van der Waals surface area contributed by atoms with Crippen LogP contribution < -0.4 is 5.32 Å². The topological polar surface area (TPSA) is 24.9 Å². The number of nitrogens with zero attached hydrogens (tertiary/aromatic N) is 1. The zero-order valence-corrected chi connectivity index (χ0v) is 11.5. The van der Waals surface area contributed by atoms with Gasteiger partial charge in [0.25, 0.3) is 0 Å². The van der Waals surface area contributed by atoms with E-state index in [2.05, 4.69) is 5.32 Å². The molecule has 0 fully saturated rings. The Labute approximate surface area is 113 Å². The molecule has 0 bridgehead atoms. The first kappa shape index (κ1) is 12.4. The molecule has 0 amide bonds. The predicted octanol–water partition coefficient (Wildman–Crippen LogP) is 3.99. The van der Waals surface area contributed by atoms with E-state index in [4.69, 9.17) is 4.98 Å². The molecule has 1 aromatic carbocycles. The van der Waals surface area contributed by atoms with E-state index in [-0.39, 0.29) is 5.82 Å². The second kappa shape index (κ2) is 4.80. The van der Waals surface area contributed by atoms with Crippen molar-refractivity contribution in [3.8, 4) is 0 Å². The summed E-state index contributed by atoms with van der Waals surface area (Å²) in [5.41, 5.74) is 5.10. The fourth-order valence-electron chi connectivity index (χ4n) is 3.06. The van der Waals surface area contributed by atoms with Gasteiger partial charge in [0.05, 0.1) is 5.52 Å². The van der Waals surface area contributed by atoms with Crippen LogP contribution in [0.2, 0.25) is 0 Å². The summed E-state index contributed by atoms with van der Waals surface area (Å²) in [6.07, 6.45) is 5.74. The van der Waals surface area contributed by atoms with Crippen LogP contribution >= 0.6 is 0 Å².